The first-order valence-electron chi connectivity index (χ1n) is 5.31. The molecule has 1 heterocycles. The van der Waals surface area contributed by atoms with Crippen LogP contribution >= 0.6 is 0 Å². The Morgan fingerprint density at radius 2 is 2.13 bits per heavy atom. The van der Waals surface area contributed by atoms with Crippen molar-refractivity contribution < 1.29 is 9.50 Å². The number of hydrogen-bond donors (Lipinski definition) is 1. The average Bonchev–Trinajstić information content (AvgIpc) is 2.22. The van der Waals surface area contributed by atoms with Crippen molar-refractivity contribution in [3.8, 4) is 0 Å². The minimum atomic E-state index is -0.301. The van der Waals surface area contributed by atoms with Gasteiger partial charge in [-0.05, 0) is 24.5 Å². The van der Waals surface area contributed by atoms with Crippen LogP contribution in [0.4, 0.5) is 4.39 Å². The third kappa shape index (κ3) is 3.01. The Morgan fingerprint density at radius 1 is 1.40 bits per heavy atom. The molecular formula is C12H15FNO. The van der Waals surface area contributed by atoms with Gasteiger partial charge in [-0.2, -0.15) is 0 Å². The molecular weight excluding hydrogens is 193 g/mol. The minimum absolute atomic E-state index is 0.155. The second-order valence-corrected chi connectivity index (χ2v) is 4.03. The van der Waals surface area contributed by atoms with E-state index < -0.39 is 0 Å². The normalized spacial score (nSPS) is 19.3. The van der Waals surface area contributed by atoms with Crippen LogP contribution in [0, 0.1) is 11.9 Å². The number of rotatable bonds is 2. The molecule has 2 rings (SSSR count). The van der Waals surface area contributed by atoms with Crippen molar-refractivity contribution >= 4 is 0 Å². The monoisotopic (exact) mass is 208 g/mol. The zero-order valence-electron chi connectivity index (χ0n) is 8.62. The Labute approximate surface area is 89.3 Å². The third-order valence-corrected chi connectivity index (χ3v) is 2.77. The Kier molecular flexibility index (Phi) is 3.34. The molecule has 1 aliphatic rings. The predicted octanol–water partition coefficient (Wildman–Crippen LogP) is 1.58. The molecule has 0 saturated carbocycles. The lowest BCUT2D eigenvalue weighted by Crippen LogP contribution is -2.35. The second kappa shape index (κ2) is 4.73. The van der Waals surface area contributed by atoms with Crippen LogP contribution in [0.25, 0.3) is 0 Å². The van der Waals surface area contributed by atoms with E-state index in [4.69, 9.17) is 0 Å². The second-order valence-electron chi connectivity index (χ2n) is 4.03. The van der Waals surface area contributed by atoms with Crippen molar-refractivity contribution in [2.24, 2.45) is 0 Å². The van der Waals surface area contributed by atoms with Crippen molar-refractivity contribution in [1.82, 2.24) is 4.90 Å². The van der Waals surface area contributed by atoms with E-state index in [9.17, 15) is 9.50 Å². The highest BCUT2D eigenvalue weighted by molar-refractivity contribution is 5.14. The maximum atomic E-state index is 12.9. The Bertz CT molecular complexity index is 321. The topological polar surface area (TPSA) is 23.5 Å². The summed E-state index contributed by atoms with van der Waals surface area (Å²) < 4.78 is 12.9. The number of piperidine rings is 1. The van der Waals surface area contributed by atoms with E-state index in [1.807, 2.05) is 6.07 Å². The van der Waals surface area contributed by atoms with Crippen molar-refractivity contribution in [3.63, 3.8) is 0 Å². The number of halogens is 1. The Hall–Kier alpha value is -0.930. The van der Waals surface area contributed by atoms with Gasteiger partial charge in [-0.15, -0.1) is 0 Å². The standard InChI is InChI=1S/C12H15FNO/c13-11-3-1-2-10(8-11)9-14-6-4-12(15)5-7-14/h1-3,12,15H,4-7,9H2. The molecule has 15 heavy (non-hydrogen) atoms. The van der Waals surface area contributed by atoms with Crippen LogP contribution in [0.5, 0.6) is 0 Å². The number of benzene rings is 1. The molecule has 1 aromatic rings. The molecule has 1 radical (unpaired) electrons. The summed E-state index contributed by atoms with van der Waals surface area (Å²) in [7, 11) is 0. The lowest BCUT2D eigenvalue weighted by molar-refractivity contribution is 0.0791. The summed E-state index contributed by atoms with van der Waals surface area (Å²) in [5, 5.41) is 9.34. The molecule has 0 atom stereocenters. The summed E-state index contributed by atoms with van der Waals surface area (Å²) in [4.78, 5) is 2.22. The number of aliphatic hydroxyl groups is 1. The third-order valence-electron chi connectivity index (χ3n) is 2.77. The molecule has 0 amide bonds. The van der Waals surface area contributed by atoms with Crippen molar-refractivity contribution in [2.75, 3.05) is 13.1 Å². The van der Waals surface area contributed by atoms with Gasteiger partial charge in [0.1, 0.15) is 5.82 Å². The summed E-state index contributed by atoms with van der Waals surface area (Å²) in [5.74, 6) is -0.301. The molecule has 2 nitrogen and oxygen atoms in total. The van der Waals surface area contributed by atoms with Gasteiger partial charge >= 0.3 is 0 Å². The van der Waals surface area contributed by atoms with E-state index in [2.05, 4.69) is 11.0 Å². The van der Waals surface area contributed by atoms with E-state index in [0.29, 0.717) is 0 Å². The first-order chi connectivity index (χ1) is 7.24. The summed E-state index contributed by atoms with van der Waals surface area (Å²) in [6.07, 6.45) is 1.47. The van der Waals surface area contributed by atoms with E-state index >= 15 is 0 Å². The first-order valence-corrected chi connectivity index (χ1v) is 5.31. The van der Waals surface area contributed by atoms with Gasteiger partial charge in [0.25, 0.3) is 0 Å². The zero-order valence-corrected chi connectivity index (χ0v) is 8.62. The largest absolute Gasteiger partial charge is 0.393 e. The van der Waals surface area contributed by atoms with Crippen LogP contribution < -0.4 is 0 Å². The fourth-order valence-electron chi connectivity index (χ4n) is 1.90. The fourth-order valence-corrected chi connectivity index (χ4v) is 1.90. The molecule has 3 heteroatoms. The van der Waals surface area contributed by atoms with Crippen LogP contribution in [-0.4, -0.2) is 29.2 Å². The molecule has 1 aliphatic heterocycles. The van der Waals surface area contributed by atoms with Crippen LogP contribution in [0.15, 0.2) is 18.2 Å². The highest BCUT2D eigenvalue weighted by atomic mass is 19.1. The Balaban J connectivity index is 1.92. The van der Waals surface area contributed by atoms with Gasteiger partial charge in [-0.3, -0.25) is 4.90 Å². The van der Waals surface area contributed by atoms with E-state index in [0.717, 1.165) is 38.0 Å². The maximum Gasteiger partial charge on any atom is 0.131 e. The van der Waals surface area contributed by atoms with Crippen molar-refractivity contribution in [3.05, 3.63) is 35.6 Å². The molecule has 81 valence electrons. The molecule has 0 unspecified atom stereocenters. The molecule has 0 aromatic heterocycles. The van der Waals surface area contributed by atoms with Crippen molar-refractivity contribution in [2.45, 2.75) is 25.5 Å². The van der Waals surface area contributed by atoms with E-state index in [1.165, 1.54) is 6.07 Å². The lowest BCUT2D eigenvalue weighted by Gasteiger charge is -2.29. The fraction of sp³-hybridized carbons (Fsp3) is 0.500. The van der Waals surface area contributed by atoms with E-state index in [1.54, 1.807) is 6.07 Å². The van der Waals surface area contributed by atoms with Gasteiger partial charge in [0, 0.05) is 25.7 Å². The Morgan fingerprint density at radius 3 is 2.80 bits per heavy atom. The van der Waals surface area contributed by atoms with Crippen LogP contribution in [0.1, 0.15) is 18.4 Å². The summed E-state index contributed by atoms with van der Waals surface area (Å²) >= 11 is 0. The highest BCUT2D eigenvalue weighted by Gasteiger charge is 2.16. The number of nitrogens with zero attached hydrogens (tertiary/aromatic N) is 1. The summed E-state index contributed by atoms with van der Waals surface area (Å²) in [6, 6.07) is 7.69. The van der Waals surface area contributed by atoms with Crippen LogP contribution in [-0.2, 0) is 6.54 Å². The first kappa shape index (κ1) is 10.6. The van der Waals surface area contributed by atoms with Gasteiger partial charge in [0.05, 0.1) is 6.10 Å². The summed E-state index contributed by atoms with van der Waals surface area (Å²) in [5.41, 5.74) is 0.881. The number of hydrogen-bond acceptors (Lipinski definition) is 2. The molecule has 0 bridgehead atoms. The van der Waals surface area contributed by atoms with Gasteiger partial charge in [0.15, 0.2) is 0 Å². The molecule has 0 aliphatic carbocycles. The minimum Gasteiger partial charge on any atom is -0.393 e. The highest BCUT2D eigenvalue weighted by Crippen LogP contribution is 2.13. The summed E-state index contributed by atoms with van der Waals surface area (Å²) in [6.45, 7) is 2.49. The number of aliphatic hydroxyl groups excluding tert-OH is 1. The smallest absolute Gasteiger partial charge is 0.131 e. The molecule has 1 N–H and O–H groups in total. The molecule has 1 fully saturated rings. The van der Waals surface area contributed by atoms with E-state index in [-0.39, 0.29) is 11.9 Å². The zero-order chi connectivity index (χ0) is 10.7. The van der Waals surface area contributed by atoms with Crippen LogP contribution in [0.3, 0.4) is 0 Å². The van der Waals surface area contributed by atoms with Gasteiger partial charge in [-0.25, -0.2) is 4.39 Å². The number of likely N-dealkylation sites (tertiary alicyclic amines) is 1. The molecule has 1 aromatic carbocycles. The van der Waals surface area contributed by atoms with Gasteiger partial charge in [-0.1, -0.05) is 12.1 Å². The molecule has 1 saturated heterocycles. The van der Waals surface area contributed by atoms with Crippen LogP contribution in [0.2, 0.25) is 0 Å². The lowest BCUT2D eigenvalue weighted by atomic mass is 10.1. The van der Waals surface area contributed by atoms with Gasteiger partial charge in [0.2, 0.25) is 0 Å². The van der Waals surface area contributed by atoms with Gasteiger partial charge < -0.3 is 5.11 Å². The van der Waals surface area contributed by atoms with Crippen molar-refractivity contribution in [1.29, 1.82) is 0 Å². The average molecular weight is 208 g/mol. The predicted molar refractivity (Wildman–Crippen MR) is 55.8 cm³/mol. The quantitative estimate of drug-likeness (QED) is 0.797. The maximum absolute atomic E-state index is 12.9. The molecule has 0 spiro atoms. The SMILES string of the molecule is OC1CCN(Cc2[c]c(F)ccc2)CC1.